The molecule has 3 aromatic heterocycles. The molecule has 0 aliphatic heterocycles. The largest absolute Gasteiger partial charge is 0.382 e. The molecule has 1 aliphatic rings. The van der Waals surface area contributed by atoms with Crippen LogP contribution in [-0.4, -0.2) is 24.7 Å². The van der Waals surface area contributed by atoms with Crippen LogP contribution < -0.4 is 5.73 Å². The van der Waals surface area contributed by atoms with Crippen LogP contribution in [0.1, 0.15) is 38.5 Å². The summed E-state index contributed by atoms with van der Waals surface area (Å²) in [5.41, 5.74) is 8.18. The molecule has 3 aromatic rings. The molecule has 0 saturated heterocycles. The Morgan fingerprint density at radius 1 is 1.21 bits per heavy atom. The zero-order chi connectivity index (χ0) is 16.8. The molecule has 1 saturated carbocycles. The molecular formula is C17H21N7. The van der Waals surface area contributed by atoms with E-state index in [1.165, 1.54) is 38.4 Å². The summed E-state index contributed by atoms with van der Waals surface area (Å²) in [5, 5.41) is 13.7. The van der Waals surface area contributed by atoms with E-state index in [1.807, 2.05) is 6.07 Å². The molecule has 7 heteroatoms. The molecule has 0 radical (unpaired) electrons. The molecule has 0 unspecified atom stereocenters. The van der Waals surface area contributed by atoms with Crippen molar-refractivity contribution in [2.75, 3.05) is 5.73 Å². The molecule has 0 spiro atoms. The van der Waals surface area contributed by atoms with Crippen LogP contribution in [0.3, 0.4) is 0 Å². The molecule has 1 aliphatic carbocycles. The molecule has 1 fully saturated rings. The van der Waals surface area contributed by atoms with Crippen LogP contribution >= 0.6 is 0 Å². The number of fused-ring (bicyclic) bond motifs is 1. The van der Waals surface area contributed by atoms with E-state index >= 15 is 0 Å². The number of nitrogens with two attached hydrogens (primary N) is 1. The lowest BCUT2D eigenvalue weighted by Gasteiger charge is -1.99. The van der Waals surface area contributed by atoms with Crippen molar-refractivity contribution in [2.45, 2.75) is 45.1 Å². The van der Waals surface area contributed by atoms with Gasteiger partial charge in [-0.25, -0.2) is 9.97 Å². The van der Waals surface area contributed by atoms with Crippen molar-refractivity contribution in [3.63, 3.8) is 0 Å². The van der Waals surface area contributed by atoms with E-state index < -0.39 is 0 Å². The second kappa shape index (κ2) is 7.59. The van der Waals surface area contributed by atoms with E-state index in [0.29, 0.717) is 18.8 Å². The number of aryl methyl sites for hydroxylation is 1. The third-order valence-electron chi connectivity index (χ3n) is 4.10. The minimum absolute atomic E-state index is 0.393. The highest BCUT2D eigenvalue weighted by atomic mass is 15.3. The monoisotopic (exact) mass is 323 g/mol. The summed E-state index contributed by atoms with van der Waals surface area (Å²) < 4.78 is 1.66. The first-order chi connectivity index (χ1) is 11.8. The van der Waals surface area contributed by atoms with E-state index in [-0.39, 0.29) is 0 Å². The molecule has 0 amide bonds. The molecule has 4 rings (SSSR count). The van der Waals surface area contributed by atoms with Crippen LogP contribution in [0.4, 0.5) is 5.82 Å². The lowest BCUT2D eigenvalue weighted by atomic mass is 10.1. The second-order valence-electron chi connectivity index (χ2n) is 5.83. The van der Waals surface area contributed by atoms with Gasteiger partial charge < -0.3 is 10.7 Å². The summed E-state index contributed by atoms with van der Waals surface area (Å²) in [7, 11) is 0. The minimum atomic E-state index is 0.393. The Balaban J connectivity index is 0.000000290. The zero-order valence-corrected chi connectivity index (χ0v) is 13.6. The lowest BCUT2D eigenvalue weighted by Crippen LogP contribution is -1.98. The van der Waals surface area contributed by atoms with E-state index in [2.05, 4.69) is 26.1 Å². The topological polar surface area (TPSA) is 109 Å². The highest BCUT2D eigenvalue weighted by Gasteiger charge is 2.13. The Kier molecular flexibility index (Phi) is 5.06. The van der Waals surface area contributed by atoms with Crippen molar-refractivity contribution in [3.05, 3.63) is 24.8 Å². The number of aromatic nitrogens is 5. The molecule has 3 heterocycles. The van der Waals surface area contributed by atoms with Gasteiger partial charge in [0.25, 0.3) is 0 Å². The van der Waals surface area contributed by atoms with Crippen LogP contribution in [0, 0.1) is 11.3 Å². The van der Waals surface area contributed by atoms with Gasteiger partial charge in [0.05, 0.1) is 30.3 Å². The fourth-order valence-corrected chi connectivity index (χ4v) is 2.87. The number of anilines is 1. The highest BCUT2D eigenvalue weighted by Crippen LogP contribution is 2.28. The summed E-state index contributed by atoms with van der Waals surface area (Å²) in [5.74, 6) is 0.402. The average Bonchev–Trinajstić information content (AvgIpc) is 3.34. The summed E-state index contributed by atoms with van der Waals surface area (Å²) in [6.45, 7) is 0.516. The number of hydrogen-bond acceptors (Lipinski definition) is 5. The summed E-state index contributed by atoms with van der Waals surface area (Å²) >= 11 is 0. The second-order valence-corrected chi connectivity index (χ2v) is 5.83. The smallest absolute Gasteiger partial charge is 0.154 e. The van der Waals surface area contributed by atoms with Crippen molar-refractivity contribution in [3.8, 4) is 17.3 Å². The SMILES string of the molecule is C1CCCC1.N#CCCn1cc(-c2ncnc3[nH]ccc23)c(N)n1. The fraction of sp³-hybridized carbons (Fsp3) is 0.412. The third kappa shape index (κ3) is 3.54. The molecule has 7 nitrogen and oxygen atoms in total. The van der Waals surface area contributed by atoms with Crippen LogP contribution in [0.2, 0.25) is 0 Å². The zero-order valence-electron chi connectivity index (χ0n) is 13.6. The van der Waals surface area contributed by atoms with Gasteiger partial charge in [0.2, 0.25) is 0 Å². The van der Waals surface area contributed by atoms with Gasteiger partial charge in [-0.05, 0) is 6.07 Å². The van der Waals surface area contributed by atoms with Crippen LogP contribution in [-0.2, 0) is 6.54 Å². The summed E-state index contributed by atoms with van der Waals surface area (Å²) in [6.07, 6.45) is 13.0. The van der Waals surface area contributed by atoms with E-state index in [9.17, 15) is 0 Å². The van der Waals surface area contributed by atoms with Gasteiger partial charge in [0.15, 0.2) is 5.82 Å². The van der Waals surface area contributed by atoms with Gasteiger partial charge >= 0.3 is 0 Å². The maximum atomic E-state index is 8.59. The van der Waals surface area contributed by atoms with Gasteiger partial charge in [0, 0.05) is 17.8 Å². The van der Waals surface area contributed by atoms with Crippen LogP contribution in [0.25, 0.3) is 22.3 Å². The first-order valence-electron chi connectivity index (χ1n) is 8.28. The third-order valence-corrected chi connectivity index (χ3v) is 4.10. The maximum absolute atomic E-state index is 8.59. The molecule has 3 N–H and O–H groups in total. The highest BCUT2D eigenvalue weighted by molar-refractivity contribution is 5.92. The molecule has 24 heavy (non-hydrogen) atoms. The Morgan fingerprint density at radius 3 is 2.67 bits per heavy atom. The van der Waals surface area contributed by atoms with Crippen molar-refractivity contribution in [2.24, 2.45) is 0 Å². The Labute approximate surface area is 140 Å². The molecule has 0 atom stereocenters. The number of nitrogens with zero attached hydrogens (tertiary/aromatic N) is 5. The number of nitriles is 1. The predicted molar refractivity (Wildman–Crippen MR) is 92.8 cm³/mol. The summed E-state index contributed by atoms with van der Waals surface area (Å²) in [4.78, 5) is 11.4. The van der Waals surface area contributed by atoms with Gasteiger partial charge in [0.1, 0.15) is 12.0 Å². The lowest BCUT2D eigenvalue weighted by molar-refractivity contribution is 0.630. The normalized spacial score (nSPS) is 13.5. The van der Waals surface area contributed by atoms with E-state index in [0.717, 1.165) is 22.3 Å². The van der Waals surface area contributed by atoms with Gasteiger partial charge in [-0.2, -0.15) is 10.4 Å². The van der Waals surface area contributed by atoms with Gasteiger partial charge in [-0.3, -0.25) is 4.68 Å². The Bertz CT molecular complexity index is 829. The quantitative estimate of drug-likeness (QED) is 0.768. The van der Waals surface area contributed by atoms with Crippen molar-refractivity contribution in [1.29, 1.82) is 5.26 Å². The van der Waals surface area contributed by atoms with Gasteiger partial charge in [-0.15, -0.1) is 0 Å². The summed E-state index contributed by atoms with van der Waals surface area (Å²) in [6, 6.07) is 3.98. The average molecular weight is 323 g/mol. The standard InChI is InChI=1S/C12H11N7.C5H10/c13-3-1-5-19-6-9(11(14)18-19)10-8-2-4-15-12(8)17-7-16-10;1-2-4-5-3-1/h2,4,6-7H,1,5H2,(H2,14,18)(H,15,16,17);1-5H2. The van der Waals surface area contributed by atoms with Crippen molar-refractivity contribution >= 4 is 16.9 Å². The first kappa shape index (κ1) is 16.0. The Hall–Kier alpha value is -2.88. The van der Waals surface area contributed by atoms with Crippen LogP contribution in [0.15, 0.2) is 24.8 Å². The molecular weight excluding hydrogens is 302 g/mol. The molecule has 0 bridgehead atoms. The number of nitrogen functional groups attached to an aromatic ring is 1. The fourth-order valence-electron chi connectivity index (χ4n) is 2.87. The van der Waals surface area contributed by atoms with Gasteiger partial charge in [-0.1, -0.05) is 32.1 Å². The van der Waals surface area contributed by atoms with Crippen molar-refractivity contribution in [1.82, 2.24) is 24.7 Å². The first-order valence-corrected chi connectivity index (χ1v) is 8.28. The van der Waals surface area contributed by atoms with Crippen molar-refractivity contribution < 1.29 is 0 Å². The minimum Gasteiger partial charge on any atom is -0.382 e. The number of hydrogen-bond donors (Lipinski definition) is 2. The maximum Gasteiger partial charge on any atom is 0.154 e. The van der Waals surface area contributed by atoms with Crippen LogP contribution in [0.5, 0.6) is 0 Å². The number of H-pyrrole nitrogens is 1. The number of aromatic amines is 1. The Morgan fingerprint density at radius 2 is 1.96 bits per heavy atom. The van der Waals surface area contributed by atoms with E-state index in [4.69, 9.17) is 11.0 Å². The molecule has 124 valence electrons. The van der Waals surface area contributed by atoms with E-state index in [1.54, 1.807) is 17.1 Å². The molecule has 0 aromatic carbocycles. The number of nitrogens with one attached hydrogen (secondary N) is 1. The number of rotatable bonds is 3. The predicted octanol–water partition coefficient (Wildman–Crippen LogP) is 3.27.